The van der Waals surface area contributed by atoms with E-state index in [9.17, 15) is 14.7 Å². The summed E-state index contributed by atoms with van der Waals surface area (Å²) in [6.07, 6.45) is 0. The van der Waals surface area contributed by atoms with Crippen molar-refractivity contribution in [1.82, 2.24) is 18.4 Å². The lowest BCUT2D eigenvalue weighted by Crippen LogP contribution is -2.41. The molecule has 0 spiro atoms. The number of nitrogens with zero attached hydrogens (tertiary/aromatic N) is 4. The maximum absolute atomic E-state index is 12.6. The zero-order chi connectivity index (χ0) is 24.8. The Balaban J connectivity index is 1.38. The van der Waals surface area contributed by atoms with Crippen LogP contribution in [0.4, 0.5) is 9.59 Å². The number of likely N-dealkylation sites (N-methyl/N-ethyl adjacent to an activating group) is 2. The maximum atomic E-state index is 12.6. The Morgan fingerprint density at radius 3 is 1.71 bits per heavy atom. The van der Waals surface area contributed by atoms with E-state index in [2.05, 4.69) is 32.5 Å². The van der Waals surface area contributed by atoms with Crippen LogP contribution in [-0.4, -0.2) is 98.9 Å². The molecule has 0 aliphatic carbocycles. The van der Waals surface area contributed by atoms with E-state index in [1.54, 1.807) is 0 Å². The number of carbonyl (C=O) groups is 2. The van der Waals surface area contributed by atoms with E-state index in [0.717, 1.165) is 74.3 Å². The summed E-state index contributed by atoms with van der Waals surface area (Å²) in [6.45, 7) is 7.38. The van der Waals surface area contributed by atoms with Gasteiger partial charge in [-0.05, 0) is 31.1 Å². The molecule has 0 unspecified atom stereocenters. The number of carbonyl (C=O) groups excluding carboxylic acids is 2. The van der Waals surface area contributed by atoms with E-state index >= 15 is 0 Å². The molecule has 2 aliphatic heterocycles. The molecule has 2 aromatic rings. The lowest BCUT2D eigenvalue weighted by Gasteiger charge is -2.30. The Bertz CT molecular complexity index is 1040. The van der Waals surface area contributed by atoms with Crippen molar-refractivity contribution in [2.24, 2.45) is 0 Å². The summed E-state index contributed by atoms with van der Waals surface area (Å²) in [4.78, 5) is 29.7. The van der Waals surface area contributed by atoms with Crippen LogP contribution in [0.3, 0.4) is 0 Å². The predicted molar refractivity (Wildman–Crippen MR) is 152 cm³/mol. The highest BCUT2D eigenvalue weighted by molar-refractivity contribution is 8.37. The van der Waals surface area contributed by atoms with Crippen molar-refractivity contribution < 1.29 is 14.7 Å². The third-order valence-corrected chi connectivity index (χ3v) is 10.3. The van der Waals surface area contributed by atoms with Gasteiger partial charge in [0.15, 0.2) is 0 Å². The summed E-state index contributed by atoms with van der Waals surface area (Å²) >= 11 is 5.11. The van der Waals surface area contributed by atoms with Crippen LogP contribution in [-0.2, 0) is 11.5 Å². The van der Waals surface area contributed by atoms with E-state index in [1.165, 1.54) is 47.4 Å². The molecular weight excluding hydrogens is 521 g/mol. The van der Waals surface area contributed by atoms with Crippen LogP contribution in [0.5, 0.6) is 5.75 Å². The fourth-order valence-corrected chi connectivity index (χ4v) is 7.55. The Morgan fingerprint density at radius 2 is 1.20 bits per heavy atom. The average Bonchev–Trinajstić information content (AvgIpc) is 2.86. The van der Waals surface area contributed by atoms with E-state index in [0.29, 0.717) is 11.5 Å². The van der Waals surface area contributed by atoms with Crippen LogP contribution in [0.15, 0.2) is 30.3 Å². The molecule has 0 amide bonds. The molecular formula is C24H32N4O3S4. The minimum atomic E-state index is 0.0387. The molecule has 1 N–H and O–H groups in total. The van der Waals surface area contributed by atoms with Gasteiger partial charge in [-0.25, -0.2) is 8.61 Å². The number of rotatable bonds is 6. The molecule has 2 heterocycles. The van der Waals surface area contributed by atoms with Gasteiger partial charge in [-0.15, -0.1) is 0 Å². The van der Waals surface area contributed by atoms with Gasteiger partial charge in [0.1, 0.15) is 5.75 Å². The van der Waals surface area contributed by atoms with E-state index in [4.69, 9.17) is 0 Å². The van der Waals surface area contributed by atoms with Crippen molar-refractivity contribution >= 4 is 67.1 Å². The fraction of sp³-hybridized carbons (Fsp3) is 0.500. The summed E-state index contributed by atoms with van der Waals surface area (Å²) in [5.41, 5.74) is 1.74. The second kappa shape index (κ2) is 13.0. The molecule has 4 rings (SSSR count). The summed E-state index contributed by atoms with van der Waals surface area (Å²) < 4.78 is 4.37. The van der Waals surface area contributed by atoms with Crippen molar-refractivity contribution in [2.75, 3.05) is 66.5 Å². The first-order valence-electron chi connectivity index (χ1n) is 11.7. The summed E-state index contributed by atoms with van der Waals surface area (Å²) in [6, 6.07) is 9.68. The van der Waals surface area contributed by atoms with Crippen LogP contribution in [0.1, 0.15) is 11.1 Å². The van der Waals surface area contributed by atoms with Crippen LogP contribution >= 0.6 is 47.4 Å². The van der Waals surface area contributed by atoms with E-state index in [1.807, 2.05) is 30.3 Å². The van der Waals surface area contributed by atoms with Crippen molar-refractivity contribution in [3.63, 3.8) is 0 Å². The quantitative estimate of drug-likeness (QED) is 0.490. The maximum Gasteiger partial charge on any atom is 0.261 e. The van der Waals surface area contributed by atoms with Crippen LogP contribution in [0.25, 0.3) is 10.8 Å². The van der Waals surface area contributed by atoms with Gasteiger partial charge in [-0.1, -0.05) is 47.8 Å². The SMILES string of the molecule is CN1CCN(SC(=O)SCc2cc(CSC(=O)SN3CCN(C)CC3)c3ccccc3c2O)CC1. The lowest BCUT2D eigenvalue weighted by molar-refractivity contribution is 0.232. The first kappa shape index (κ1) is 27.1. The van der Waals surface area contributed by atoms with Crippen LogP contribution in [0, 0.1) is 0 Å². The smallest absolute Gasteiger partial charge is 0.261 e. The summed E-state index contributed by atoms with van der Waals surface area (Å²) in [7, 11) is 4.19. The fourth-order valence-electron chi connectivity index (χ4n) is 4.02. The van der Waals surface area contributed by atoms with Gasteiger partial charge in [-0.2, -0.15) is 0 Å². The van der Waals surface area contributed by atoms with Crippen LogP contribution < -0.4 is 0 Å². The number of piperazine rings is 2. The van der Waals surface area contributed by atoms with Crippen molar-refractivity contribution in [1.29, 1.82) is 0 Å². The minimum absolute atomic E-state index is 0.0387. The first-order valence-corrected chi connectivity index (χ1v) is 15.2. The molecule has 2 saturated heterocycles. The number of phenolic OH excluding ortho intramolecular Hbond substituents is 1. The number of benzene rings is 2. The number of phenols is 1. The van der Waals surface area contributed by atoms with Gasteiger partial charge in [0, 0.05) is 98.7 Å². The highest BCUT2D eigenvalue weighted by Crippen LogP contribution is 2.37. The van der Waals surface area contributed by atoms with Gasteiger partial charge >= 0.3 is 0 Å². The van der Waals surface area contributed by atoms with Gasteiger partial charge < -0.3 is 14.9 Å². The Labute approximate surface area is 224 Å². The second-order valence-corrected chi connectivity index (χ2v) is 13.4. The zero-order valence-corrected chi connectivity index (χ0v) is 23.4. The average molecular weight is 553 g/mol. The third-order valence-electron chi connectivity index (χ3n) is 6.20. The number of fused-ring (bicyclic) bond motifs is 1. The lowest BCUT2D eigenvalue weighted by atomic mass is 10.0. The molecule has 0 saturated carbocycles. The van der Waals surface area contributed by atoms with Gasteiger partial charge in [0.25, 0.3) is 8.89 Å². The third kappa shape index (κ3) is 7.78. The molecule has 0 bridgehead atoms. The van der Waals surface area contributed by atoms with E-state index < -0.39 is 0 Å². The molecule has 0 radical (unpaired) electrons. The molecule has 190 valence electrons. The molecule has 11 heteroatoms. The number of thioether (sulfide) groups is 2. The minimum Gasteiger partial charge on any atom is -0.507 e. The van der Waals surface area contributed by atoms with Crippen molar-refractivity contribution in [3.05, 3.63) is 41.5 Å². The predicted octanol–water partition coefficient (Wildman–Crippen LogP) is 5.04. The number of hydrogen-bond acceptors (Lipinski definition) is 11. The van der Waals surface area contributed by atoms with E-state index in [-0.39, 0.29) is 14.6 Å². The number of aromatic hydroxyl groups is 1. The number of hydrogen-bond donors (Lipinski definition) is 1. The molecule has 2 aliphatic rings. The Hall–Kier alpha value is -0.920. The molecule has 0 aromatic heterocycles. The standard InChI is InChI=1S/C24H32N4O3S4/c1-25-7-11-27(12-8-25)34-23(30)32-16-18-15-19(22(29)21-6-4-3-5-20(18)21)17-33-24(31)35-28-13-9-26(2)10-14-28/h3-6,15,29H,7-14,16-17H2,1-2H3. The largest absolute Gasteiger partial charge is 0.507 e. The summed E-state index contributed by atoms with van der Waals surface area (Å²) in [5.74, 6) is 1.15. The second-order valence-electron chi connectivity index (χ2n) is 8.81. The first-order chi connectivity index (χ1) is 16.9. The van der Waals surface area contributed by atoms with Gasteiger partial charge in [-0.3, -0.25) is 9.59 Å². The normalized spacial score (nSPS) is 18.8. The Kier molecular flexibility index (Phi) is 10.1. The monoisotopic (exact) mass is 552 g/mol. The summed E-state index contributed by atoms with van der Waals surface area (Å²) in [5, 5.41) is 12.6. The highest BCUT2D eigenvalue weighted by atomic mass is 32.2. The molecule has 7 nitrogen and oxygen atoms in total. The van der Waals surface area contributed by atoms with Crippen molar-refractivity contribution in [3.8, 4) is 5.75 Å². The zero-order valence-electron chi connectivity index (χ0n) is 20.1. The van der Waals surface area contributed by atoms with Gasteiger partial charge in [0.05, 0.1) is 0 Å². The highest BCUT2D eigenvalue weighted by Gasteiger charge is 2.21. The molecule has 2 fully saturated rings. The molecule has 0 atom stereocenters. The van der Waals surface area contributed by atoms with Gasteiger partial charge in [0.2, 0.25) is 0 Å². The molecule has 2 aromatic carbocycles. The molecule has 35 heavy (non-hydrogen) atoms. The van der Waals surface area contributed by atoms with Crippen molar-refractivity contribution in [2.45, 2.75) is 11.5 Å². The topological polar surface area (TPSA) is 67.3 Å². The Morgan fingerprint density at radius 1 is 0.743 bits per heavy atom. The van der Waals surface area contributed by atoms with Crippen LogP contribution in [0.2, 0.25) is 0 Å².